The van der Waals surface area contributed by atoms with Crippen LogP contribution >= 0.6 is 11.8 Å². The molecule has 0 atom stereocenters. The highest BCUT2D eigenvalue weighted by Gasteiger charge is 2.14. The molecule has 7 heteroatoms. The number of hydrogen-bond donors (Lipinski definition) is 0. The molecule has 0 spiro atoms. The third-order valence-electron chi connectivity index (χ3n) is 4.18. The number of benzene rings is 1. The lowest BCUT2D eigenvalue weighted by Crippen LogP contribution is -2.27. The van der Waals surface area contributed by atoms with E-state index < -0.39 is 0 Å². The Morgan fingerprint density at radius 2 is 2.08 bits per heavy atom. The van der Waals surface area contributed by atoms with Gasteiger partial charge in [-0.3, -0.25) is 14.3 Å². The quantitative estimate of drug-likeness (QED) is 0.627. The average molecular weight is 367 g/mol. The lowest BCUT2D eigenvalue weighted by molar-refractivity contribution is -0.127. The summed E-state index contributed by atoms with van der Waals surface area (Å²) in [5.74, 6) is 0.341. The summed E-state index contributed by atoms with van der Waals surface area (Å²) in [7, 11) is 1.80. The van der Waals surface area contributed by atoms with Crippen molar-refractivity contribution in [3.8, 4) is 5.69 Å². The van der Waals surface area contributed by atoms with Crippen molar-refractivity contribution < 1.29 is 4.79 Å². The SMILES string of the molecule is Cc1ccc(-n2cnnc2SCC(=O)N(C)Cc2cccnc2)cc1C. The van der Waals surface area contributed by atoms with Gasteiger partial charge >= 0.3 is 0 Å². The molecule has 0 aliphatic carbocycles. The van der Waals surface area contributed by atoms with Gasteiger partial charge in [0.2, 0.25) is 5.91 Å². The maximum atomic E-state index is 12.4. The number of thioether (sulfide) groups is 1. The van der Waals surface area contributed by atoms with Gasteiger partial charge in [-0.15, -0.1) is 10.2 Å². The van der Waals surface area contributed by atoms with E-state index in [-0.39, 0.29) is 5.91 Å². The zero-order valence-corrected chi connectivity index (χ0v) is 15.9. The highest BCUT2D eigenvalue weighted by atomic mass is 32.2. The second kappa shape index (κ2) is 8.14. The van der Waals surface area contributed by atoms with Crippen molar-refractivity contribution in [2.24, 2.45) is 0 Å². The second-order valence-electron chi connectivity index (χ2n) is 6.15. The van der Waals surface area contributed by atoms with Crippen molar-refractivity contribution in [1.82, 2.24) is 24.6 Å². The van der Waals surface area contributed by atoms with E-state index in [0.29, 0.717) is 17.5 Å². The molecule has 1 aromatic carbocycles. The Labute approximate surface area is 157 Å². The van der Waals surface area contributed by atoms with Crippen molar-refractivity contribution in [2.75, 3.05) is 12.8 Å². The summed E-state index contributed by atoms with van der Waals surface area (Å²) in [4.78, 5) is 18.2. The van der Waals surface area contributed by atoms with Crippen LogP contribution in [0.3, 0.4) is 0 Å². The molecule has 0 saturated carbocycles. The van der Waals surface area contributed by atoms with Crippen LogP contribution in [-0.2, 0) is 11.3 Å². The van der Waals surface area contributed by atoms with Crippen LogP contribution < -0.4 is 0 Å². The van der Waals surface area contributed by atoms with Gasteiger partial charge < -0.3 is 4.90 Å². The van der Waals surface area contributed by atoms with Crippen molar-refractivity contribution in [3.05, 3.63) is 65.7 Å². The van der Waals surface area contributed by atoms with Crippen LogP contribution in [0.25, 0.3) is 5.69 Å². The van der Waals surface area contributed by atoms with Crippen LogP contribution in [0.15, 0.2) is 54.2 Å². The van der Waals surface area contributed by atoms with Crippen LogP contribution in [-0.4, -0.2) is 43.4 Å². The molecule has 26 heavy (non-hydrogen) atoms. The fourth-order valence-corrected chi connectivity index (χ4v) is 3.34. The Kier molecular flexibility index (Phi) is 5.68. The maximum absolute atomic E-state index is 12.4. The number of hydrogen-bond acceptors (Lipinski definition) is 5. The molecule has 3 aromatic rings. The molecule has 0 aliphatic heterocycles. The molecule has 6 nitrogen and oxygen atoms in total. The molecule has 0 unspecified atom stereocenters. The number of carbonyl (C=O) groups excluding carboxylic acids is 1. The summed E-state index contributed by atoms with van der Waals surface area (Å²) in [6.45, 7) is 4.70. The van der Waals surface area contributed by atoms with Crippen LogP contribution in [0.2, 0.25) is 0 Å². The molecule has 134 valence electrons. The number of amides is 1. The molecule has 0 bridgehead atoms. The molecule has 0 N–H and O–H groups in total. The van der Waals surface area contributed by atoms with E-state index in [4.69, 9.17) is 0 Å². The van der Waals surface area contributed by atoms with E-state index in [1.807, 2.05) is 22.8 Å². The maximum Gasteiger partial charge on any atom is 0.233 e. The van der Waals surface area contributed by atoms with Crippen LogP contribution in [0, 0.1) is 13.8 Å². The van der Waals surface area contributed by atoms with Gasteiger partial charge in [-0.2, -0.15) is 0 Å². The Hall–Kier alpha value is -2.67. The first-order chi connectivity index (χ1) is 12.5. The number of nitrogens with zero attached hydrogens (tertiary/aromatic N) is 5. The van der Waals surface area contributed by atoms with Gasteiger partial charge in [-0.05, 0) is 48.7 Å². The Morgan fingerprint density at radius 3 is 2.81 bits per heavy atom. The van der Waals surface area contributed by atoms with Gasteiger partial charge in [0.25, 0.3) is 0 Å². The fraction of sp³-hybridized carbons (Fsp3) is 0.263. The minimum Gasteiger partial charge on any atom is -0.341 e. The summed E-state index contributed by atoms with van der Waals surface area (Å²) in [6.07, 6.45) is 5.17. The number of pyridine rings is 1. The van der Waals surface area contributed by atoms with Crippen molar-refractivity contribution in [2.45, 2.75) is 25.5 Å². The van der Waals surface area contributed by atoms with Crippen LogP contribution in [0.5, 0.6) is 0 Å². The molecule has 0 radical (unpaired) electrons. The summed E-state index contributed by atoms with van der Waals surface area (Å²) < 4.78 is 1.91. The normalized spacial score (nSPS) is 10.7. The van der Waals surface area contributed by atoms with Gasteiger partial charge in [-0.25, -0.2) is 0 Å². The highest BCUT2D eigenvalue weighted by Crippen LogP contribution is 2.21. The van der Waals surface area contributed by atoms with Crippen LogP contribution in [0.1, 0.15) is 16.7 Å². The first-order valence-corrected chi connectivity index (χ1v) is 9.26. The van der Waals surface area contributed by atoms with E-state index >= 15 is 0 Å². The predicted molar refractivity (Wildman–Crippen MR) is 102 cm³/mol. The lowest BCUT2D eigenvalue weighted by Gasteiger charge is -2.16. The Balaban J connectivity index is 1.64. The third kappa shape index (κ3) is 4.29. The standard InChI is InChI=1S/C19H21N5OS/c1-14-6-7-17(9-15(14)2)24-13-21-22-19(24)26-12-18(25)23(3)11-16-5-4-8-20-10-16/h4-10,13H,11-12H2,1-3H3. The van der Waals surface area contributed by atoms with E-state index in [0.717, 1.165) is 11.3 Å². The zero-order valence-electron chi connectivity index (χ0n) is 15.1. The molecule has 0 aliphatic rings. The topological polar surface area (TPSA) is 63.9 Å². The van der Waals surface area contributed by atoms with E-state index in [2.05, 4.69) is 41.2 Å². The van der Waals surface area contributed by atoms with Gasteiger partial charge in [0, 0.05) is 31.7 Å². The van der Waals surface area contributed by atoms with Gasteiger partial charge in [0.15, 0.2) is 5.16 Å². The average Bonchev–Trinajstić information content (AvgIpc) is 3.11. The fourth-order valence-electron chi connectivity index (χ4n) is 2.47. The first kappa shape index (κ1) is 18.1. The number of aromatic nitrogens is 4. The Morgan fingerprint density at radius 1 is 1.23 bits per heavy atom. The monoisotopic (exact) mass is 367 g/mol. The number of aryl methyl sites for hydroxylation is 2. The van der Waals surface area contributed by atoms with E-state index in [1.54, 1.807) is 30.7 Å². The molecular formula is C19H21N5OS. The van der Waals surface area contributed by atoms with E-state index in [1.165, 1.54) is 22.9 Å². The smallest absolute Gasteiger partial charge is 0.233 e. The van der Waals surface area contributed by atoms with Gasteiger partial charge in [-0.1, -0.05) is 23.9 Å². The third-order valence-corrected chi connectivity index (χ3v) is 5.11. The summed E-state index contributed by atoms with van der Waals surface area (Å²) >= 11 is 1.39. The van der Waals surface area contributed by atoms with Crippen molar-refractivity contribution >= 4 is 17.7 Å². The lowest BCUT2D eigenvalue weighted by atomic mass is 10.1. The van der Waals surface area contributed by atoms with Crippen molar-refractivity contribution in [3.63, 3.8) is 0 Å². The number of carbonyl (C=O) groups is 1. The van der Waals surface area contributed by atoms with Gasteiger partial charge in [0.05, 0.1) is 5.75 Å². The predicted octanol–water partition coefficient (Wildman–Crippen LogP) is 3.03. The minimum absolute atomic E-state index is 0.0356. The summed E-state index contributed by atoms with van der Waals surface area (Å²) in [5.41, 5.74) is 4.45. The molecule has 2 aromatic heterocycles. The summed E-state index contributed by atoms with van der Waals surface area (Å²) in [6, 6.07) is 10.0. The highest BCUT2D eigenvalue weighted by molar-refractivity contribution is 7.99. The first-order valence-electron chi connectivity index (χ1n) is 8.28. The molecule has 0 fully saturated rings. The molecule has 1 amide bonds. The largest absolute Gasteiger partial charge is 0.341 e. The van der Waals surface area contributed by atoms with E-state index in [9.17, 15) is 4.79 Å². The molecule has 0 saturated heterocycles. The van der Waals surface area contributed by atoms with Crippen LogP contribution in [0.4, 0.5) is 0 Å². The van der Waals surface area contributed by atoms with Gasteiger partial charge in [0.1, 0.15) is 6.33 Å². The van der Waals surface area contributed by atoms with Crippen molar-refractivity contribution in [1.29, 1.82) is 0 Å². The second-order valence-corrected chi connectivity index (χ2v) is 7.09. The minimum atomic E-state index is 0.0356. The molecule has 3 rings (SSSR count). The molecule has 2 heterocycles. The number of rotatable bonds is 6. The Bertz CT molecular complexity index is 894. The summed E-state index contributed by atoms with van der Waals surface area (Å²) in [5, 5.41) is 8.86. The zero-order chi connectivity index (χ0) is 18.5. The molecular weight excluding hydrogens is 346 g/mol.